The van der Waals surface area contributed by atoms with Gasteiger partial charge in [0.2, 0.25) is 5.95 Å². The van der Waals surface area contributed by atoms with Crippen LogP contribution in [0.5, 0.6) is 0 Å². The predicted molar refractivity (Wildman–Crippen MR) is 71.0 cm³/mol. The highest BCUT2D eigenvalue weighted by atomic mass is 15.0. The fourth-order valence-electron chi connectivity index (χ4n) is 1.99. The van der Waals surface area contributed by atoms with Crippen molar-refractivity contribution in [2.24, 2.45) is 0 Å². The minimum absolute atomic E-state index is 0.143. The second kappa shape index (κ2) is 4.07. The van der Waals surface area contributed by atoms with E-state index in [2.05, 4.69) is 26.0 Å². The number of hydrogen-bond donors (Lipinski definition) is 2. The lowest BCUT2D eigenvalue weighted by atomic mass is 10.1. The zero-order chi connectivity index (χ0) is 13.4. The van der Waals surface area contributed by atoms with Gasteiger partial charge in [0.25, 0.3) is 0 Å². The number of hydrogen-bond acceptors (Lipinski definition) is 5. The van der Waals surface area contributed by atoms with Gasteiger partial charge in [-0.2, -0.15) is 5.26 Å². The van der Waals surface area contributed by atoms with Gasteiger partial charge >= 0.3 is 0 Å². The first-order valence-corrected chi connectivity index (χ1v) is 5.66. The molecule has 3 N–H and O–H groups in total. The number of anilines is 1. The van der Waals surface area contributed by atoms with Crippen LogP contribution in [0, 0.1) is 18.3 Å². The molecule has 0 unspecified atom stereocenters. The summed E-state index contributed by atoms with van der Waals surface area (Å²) in [5.74, 6) is 0.143. The predicted octanol–water partition coefficient (Wildman–Crippen LogP) is 1.78. The Morgan fingerprint density at radius 1 is 1.32 bits per heavy atom. The summed E-state index contributed by atoms with van der Waals surface area (Å²) in [6.07, 6.45) is 4.99. The molecule has 0 aliphatic carbocycles. The summed E-state index contributed by atoms with van der Waals surface area (Å²) in [4.78, 5) is 15.4. The van der Waals surface area contributed by atoms with Crippen LogP contribution in [0.2, 0.25) is 0 Å². The van der Waals surface area contributed by atoms with Crippen LogP contribution in [0.4, 0.5) is 5.95 Å². The summed E-state index contributed by atoms with van der Waals surface area (Å²) >= 11 is 0. The first-order valence-electron chi connectivity index (χ1n) is 5.66. The van der Waals surface area contributed by atoms with E-state index in [4.69, 9.17) is 11.0 Å². The maximum atomic E-state index is 9.14. The van der Waals surface area contributed by atoms with E-state index < -0.39 is 0 Å². The van der Waals surface area contributed by atoms with Crippen LogP contribution in [0.1, 0.15) is 11.1 Å². The molecule has 6 nitrogen and oxygen atoms in total. The molecule has 0 aliphatic rings. The summed E-state index contributed by atoms with van der Waals surface area (Å²) in [5, 5.41) is 10.0. The van der Waals surface area contributed by atoms with Gasteiger partial charge in [-0.1, -0.05) is 0 Å². The normalized spacial score (nSPS) is 10.5. The van der Waals surface area contributed by atoms with Crippen LogP contribution >= 0.6 is 0 Å². The fourth-order valence-corrected chi connectivity index (χ4v) is 1.99. The third kappa shape index (κ3) is 1.77. The molecule has 0 aliphatic heterocycles. The topological polar surface area (TPSA) is 104 Å². The first kappa shape index (κ1) is 11.2. The van der Waals surface area contributed by atoms with Gasteiger partial charge in [0, 0.05) is 23.3 Å². The van der Waals surface area contributed by atoms with Crippen molar-refractivity contribution in [2.75, 3.05) is 5.73 Å². The molecule has 3 rings (SSSR count). The largest absolute Gasteiger partial charge is 0.368 e. The highest BCUT2D eigenvalue weighted by molar-refractivity contribution is 5.94. The van der Waals surface area contributed by atoms with Crippen molar-refractivity contribution in [2.45, 2.75) is 6.92 Å². The van der Waals surface area contributed by atoms with E-state index in [0.717, 1.165) is 22.2 Å². The molecule has 0 atom stereocenters. The van der Waals surface area contributed by atoms with E-state index in [1.54, 1.807) is 12.4 Å². The molecule has 0 radical (unpaired) electrons. The molecule has 19 heavy (non-hydrogen) atoms. The lowest BCUT2D eigenvalue weighted by Crippen LogP contribution is -1.98. The van der Waals surface area contributed by atoms with Crippen LogP contribution in [0.15, 0.2) is 24.7 Å². The van der Waals surface area contributed by atoms with Crippen LogP contribution in [-0.2, 0) is 0 Å². The average molecular weight is 250 g/mol. The van der Waals surface area contributed by atoms with Crippen LogP contribution in [0.3, 0.4) is 0 Å². The molecule has 3 aromatic heterocycles. The Bertz CT molecular complexity index is 812. The number of aromatic amines is 1. The van der Waals surface area contributed by atoms with E-state index in [9.17, 15) is 0 Å². The third-order valence-corrected chi connectivity index (χ3v) is 2.85. The highest BCUT2D eigenvalue weighted by Gasteiger charge is 2.13. The quantitative estimate of drug-likeness (QED) is 0.685. The summed E-state index contributed by atoms with van der Waals surface area (Å²) in [5.41, 5.74) is 9.10. The smallest absolute Gasteiger partial charge is 0.220 e. The van der Waals surface area contributed by atoms with Crippen molar-refractivity contribution >= 4 is 17.0 Å². The van der Waals surface area contributed by atoms with Gasteiger partial charge < -0.3 is 10.7 Å². The maximum Gasteiger partial charge on any atom is 0.220 e. The van der Waals surface area contributed by atoms with E-state index in [0.29, 0.717) is 11.3 Å². The number of fused-ring (bicyclic) bond motifs is 1. The number of nitrogens with one attached hydrogen (secondary N) is 1. The average Bonchev–Trinajstić information content (AvgIpc) is 2.81. The molecular weight excluding hydrogens is 240 g/mol. The minimum Gasteiger partial charge on any atom is -0.368 e. The Kier molecular flexibility index (Phi) is 2.39. The SMILES string of the molecule is Cc1cnc2[nH]cc(-c3nc(N)ncc3C#N)c2c1. The van der Waals surface area contributed by atoms with Gasteiger partial charge in [0.15, 0.2) is 0 Å². The minimum atomic E-state index is 0.143. The number of H-pyrrole nitrogens is 1. The van der Waals surface area contributed by atoms with Gasteiger partial charge in [-0.3, -0.25) is 0 Å². The zero-order valence-corrected chi connectivity index (χ0v) is 10.2. The number of aryl methyl sites for hydroxylation is 1. The molecule has 0 fully saturated rings. The van der Waals surface area contributed by atoms with Crippen LogP contribution < -0.4 is 5.73 Å². The second-order valence-electron chi connectivity index (χ2n) is 4.21. The Balaban J connectivity index is 2.33. The summed E-state index contributed by atoms with van der Waals surface area (Å²) in [6.45, 7) is 1.96. The van der Waals surface area contributed by atoms with E-state index in [-0.39, 0.29) is 5.95 Å². The molecule has 0 spiro atoms. The van der Waals surface area contributed by atoms with Crippen molar-refractivity contribution in [3.8, 4) is 17.3 Å². The van der Waals surface area contributed by atoms with Gasteiger partial charge in [-0.05, 0) is 18.6 Å². The monoisotopic (exact) mass is 250 g/mol. The Morgan fingerprint density at radius 3 is 2.95 bits per heavy atom. The number of nitrogen functional groups attached to an aromatic ring is 1. The summed E-state index contributed by atoms with van der Waals surface area (Å²) in [7, 11) is 0. The van der Waals surface area contributed by atoms with Crippen molar-refractivity contribution < 1.29 is 0 Å². The second-order valence-corrected chi connectivity index (χ2v) is 4.21. The van der Waals surface area contributed by atoms with Gasteiger partial charge in [-0.25, -0.2) is 15.0 Å². The van der Waals surface area contributed by atoms with Gasteiger partial charge in [0.05, 0.1) is 17.5 Å². The van der Waals surface area contributed by atoms with Crippen molar-refractivity contribution in [1.29, 1.82) is 5.26 Å². The molecular formula is C13H10N6. The number of pyridine rings is 1. The Hall–Kier alpha value is -2.94. The Morgan fingerprint density at radius 2 is 2.16 bits per heavy atom. The molecule has 3 aromatic rings. The van der Waals surface area contributed by atoms with E-state index in [1.165, 1.54) is 6.20 Å². The van der Waals surface area contributed by atoms with Crippen molar-refractivity contribution in [3.63, 3.8) is 0 Å². The van der Waals surface area contributed by atoms with Gasteiger partial charge in [0.1, 0.15) is 11.7 Å². The molecule has 0 amide bonds. The summed E-state index contributed by atoms with van der Waals surface area (Å²) in [6, 6.07) is 4.07. The number of nitrogens with zero attached hydrogens (tertiary/aromatic N) is 4. The zero-order valence-electron chi connectivity index (χ0n) is 10.2. The number of aromatic nitrogens is 4. The lowest BCUT2D eigenvalue weighted by molar-refractivity contribution is 1.17. The van der Waals surface area contributed by atoms with Crippen LogP contribution in [0.25, 0.3) is 22.3 Å². The molecule has 0 bridgehead atoms. The molecule has 6 heteroatoms. The summed E-state index contributed by atoms with van der Waals surface area (Å²) < 4.78 is 0. The van der Waals surface area contributed by atoms with Crippen LogP contribution in [-0.4, -0.2) is 19.9 Å². The number of nitriles is 1. The van der Waals surface area contributed by atoms with Gasteiger partial charge in [-0.15, -0.1) is 0 Å². The molecule has 3 heterocycles. The van der Waals surface area contributed by atoms with E-state index in [1.807, 2.05) is 13.0 Å². The molecule has 0 aromatic carbocycles. The van der Waals surface area contributed by atoms with E-state index >= 15 is 0 Å². The number of rotatable bonds is 1. The molecule has 92 valence electrons. The first-order chi connectivity index (χ1) is 9.19. The third-order valence-electron chi connectivity index (χ3n) is 2.85. The number of nitrogens with two attached hydrogens (primary N) is 1. The standard InChI is InChI=1S/C13H10N6/c1-7-2-9-10(6-17-12(9)16-4-7)11-8(3-14)5-18-13(15)19-11/h2,4-6H,1H3,(H,16,17)(H2,15,18,19). The van der Waals surface area contributed by atoms with Crippen molar-refractivity contribution in [3.05, 3.63) is 35.8 Å². The fraction of sp³-hybridized carbons (Fsp3) is 0.0769. The maximum absolute atomic E-state index is 9.14. The van der Waals surface area contributed by atoms with Crippen molar-refractivity contribution in [1.82, 2.24) is 19.9 Å². The lowest BCUT2D eigenvalue weighted by Gasteiger charge is -2.02. The molecule has 0 saturated carbocycles. The molecule has 0 saturated heterocycles. The highest BCUT2D eigenvalue weighted by Crippen LogP contribution is 2.29. The Labute approximate surface area is 109 Å².